The van der Waals surface area contributed by atoms with Crippen LogP contribution in [0.3, 0.4) is 0 Å². The summed E-state index contributed by atoms with van der Waals surface area (Å²) in [6.07, 6.45) is 17.8. The van der Waals surface area contributed by atoms with E-state index in [1.165, 1.54) is 75.1 Å². The highest BCUT2D eigenvalue weighted by atomic mass is 31.1. The fourth-order valence-corrected chi connectivity index (χ4v) is 13.5. The largest absolute Gasteiger partial charge is 0.257 e. The van der Waals surface area contributed by atoms with Gasteiger partial charge in [0.05, 0.1) is 10.9 Å². The van der Waals surface area contributed by atoms with Crippen LogP contribution in [0.2, 0.25) is 0 Å². The van der Waals surface area contributed by atoms with Gasteiger partial charge in [-0.3, -0.25) is 9.97 Å². The maximum absolute atomic E-state index is 4.90. The zero-order valence-corrected chi connectivity index (χ0v) is 22.4. The molecule has 0 radical (unpaired) electrons. The van der Waals surface area contributed by atoms with E-state index in [-0.39, 0.29) is 15.8 Å². The number of hydrogen-bond donors (Lipinski definition) is 0. The van der Waals surface area contributed by atoms with E-state index < -0.39 is 0 Å². The van der Waals surface area contributed by atoms with Crippen LogP contribution in [0.25, 0.3) is 0 Å². The lowest BCUT2D eigenvalue weighted by Gasteiger charge is -2.43. The number of rotatable bonds is 9. The van der Waals surface area contributed by atoms with Crippen molar-refractivity contribution in [3.05, 3.63) is 48.8 Å². The van der Waals surface area contributed by atoms with E-state index in [0.717, 1.165) is 11.3 Å². The first kappa shape index (κ1) is 24.3. The smallest absolute Gasteiger partial charge is 0.0638 e. The third kappa shape index (κ3) is 5.62. The van der Waals surface area contributed by atoms with Crippen LogP contribution in [0.5, 0.6) is 0 Å². The summed E-state index contributed by atoms with van der Waals surface area (Å²) >= 11 is 0. The van der Waals surface area contributed by atoms with Crippen molar-refractivity contribution >= 4 is 26.7 Å². The summed E-state index contributed by atoms with van der Waals surface area (Å²) in [6, 6.07) is 13.2. The summed E-state index contributed by atoms with van der Waals surface area (Å²) in [7, 11) is -0.513. The van der Waals surface area contributed by atoms with Gasteiger partial charge < -0.3 is 0 Å². The molecule has 4 rings (SSSR count). The molecule has 0 N–H and O–H groups in total. The summed E-state index contributed by atoms with van der Waals surface area (Å²) < 4.78 is 0. The number of aromatic nitrogens is 2. The molecule has 4 heteroatoms. The van der Waals surface area contributed by atoms with Gasteiger partial charge in [0.15, 0.2) is 0 Å². The SMILES string of the molecule is CC(C)(CCC(C)(C)P(c1ccccn1)C1CCCC1)P(c1ccccn1)C1CCCC1. The van der Waals surface area contributed by atoms with Crippen LogP contribution in [0.15, 0.2) is 48.8 Å². The highest BCUT2D eigenvalue weighted by Gasteiger charge is 2.42. The summed E-state index contributed by atoms with van der Waals surface area (Å²) in [5, 5.41) is 0.632. The Labute approximate surface area is 198 Å². The molecule has 2 fully saturated rings. The highest BCUT2D eigenvalue weighted by Crippen LogP contribution is 2.62. The van der Waals surface area contributed by atoms with Gasteiger partial charge in [0.2, 0.25) is 0 Å². The first-order valence-corrected chi connectivity index (χ1v) is 15.6. The highest BCUT2D eigenvalue weighted by molar-refractivity contribution is 7.68. The van der Waals surface area contributed by atoms with Crippen LogP contribution in [0.4, 0.5) is 0 Å². The van der Waals surface area contributed by atoms with Crippen molar-refractivity contribution < 1.29 is 0 Å². The maximum atomic E-state index is 4.90. The van der Waals surface area contributed by atoms with E-state index in [2.05, 4.69) is 64.1 Å². The molecule has 2 saturated carbocycles. The molecule has 2 aliphatic carbocycles. The standard InChI is InChI=1S/C28H42N2P2/c1-27(2,31(23-13-5-6-14-23)25-17-9-11-21-29-25)19-20-28(3,4)32(24-15-7-8-16-24)26-18-10-12-22-30-26/h9-12,17-18,21-24H,5-8,13-16,19-20H2,1-4H3. The molecule has 32 heavy (non-hydrogen) atoms. The Hall–Kier alpha value is -0.840. The van der Waals surface area contributed by atoms with Gasteiger partial charge in [-0.15, -0.1) is 0 Å². The third-order valence-corrected chi connectivity index (χ3v) is 14.9. The first-order chi connectivity index (χ1) is 15.4. The molecule has 2 unspecified atom stereocenters. The van der Waals surface area contributed by atoms with E-state index in [0.29, 0.717) is 10.3 Å². The lowest BCUT2D eigenvalue weighted by atomic mass is 9.99. The number of pyridine rings is 2. The average Bonchev–Trinajstić information content (AvgIpc) is 3.49. The Kier molecular flexibility index (Phi) is 8.05. The molecule has 0 aromatic carbocycles. The van der Waals surface area contributed by atoms with Gasteiger partial charge in [-0.05, 0) is 100 Å². The maximum Gasteiger partial charge on any atom is 0.0638 e. The van der Waals surface area contributed by atoms with Crippen LogP contribution in [0, 0.1) is 0 Å². The summed E-state index contributed by atoms with van der Waals surface area (Å²) in [6.45, 7) is 10.2. The van der Waals surface area contributed by atoms with Gasteiger partial charge in [-0.2, -0.15) is 0 Å². The molecule has 2 atom stereocenters. The molecular weight excluding hydrogens is 426 g/mol. The Morgan fingerprint density at radius 1 is 0.656 bits per heavy atom. The summed E-state index contributed by atoms with van der Waals surface area (Å²) in [5.74, 6) is 0. The van der Waals surface area contributed by atoms with Crippen molar-refractivity contribution in [2.75, 3.05) is 0 Å². The topological polar surface area (TPSA) is 25.8 Å². The van der Waals surface area contributed by atoms with Crippen LogP contribution < -0.4 is 10.9 Å². The molecule has 174 valence electrons. The third-order valence-electron chi connectivity index (χ3n) is 7.82. The summed E-state index contributed by atoms with van der Waals surface area (Å²) in [4.78, 5) is 9.81. The Morgan fingerprint density at radius 3 is 1.34 bits per heavy atom. The number of nitrogens with zero attached hydrogens (tertiary/aromatic N) is 2. The second-order valence-electron chi connectivity index (χ2n) is 11.1. The van der Waals surface area contributed by atoms with Crippen molar-refractivity contribution in [2.45, 2.75) is 114 Å². The van der Waals surface area contributed by atoms with Crippen molar-refractivity contribution in [2.24, 2.45) is 0 Å². The Balaban J connectivity index is 1.56. The molecule has 0 saturated heterocycles. The quantitative estimate of drug-likeness (QED) is 0.354. The Bertz CT molecular complexity index is 754. The summed E-state index contributed by atoms with van der Waals surface area (Å²) in [5.41, 5.74) is 4.48. The minimum Gasteiger partial charge on any atom is -0.257 e. The monoisotopic (exact) mass is 468 g/mol. The molecule has 0 aliphatic heterocycles. The average molecular weight is 469 g/mol. The molecule has 2 aliphatic rings. The van der Waals surface area contributed by atoms with E-state index in [1.807, 2.05) is 12.4 Å². The van der Waals surface area contributed by atoms with Crippen molar-refractivity contribution in [3.8, 4) is 0 Å². The second-order valence-corrected chi connectivity index (χ2v) is 17.4. The first-order valence-electron chi connectivity index (χ1n) is 12.8. The lowest BCUT2D eigenvalue weighted by Crippen LogP contribution is -2.35. The van der Waals surface area contributed by atoms with Crippen LogP contribution in [0.1, 0.15) is 91.9 Å². The van der Waals surface area contributed by atoms with Crippen LogP contribution >= 0.6 is 15.8 Å². The van der Waals surface area contributed by atoms with Crippen molar-refractivity contribution in [3.63, 3.8) is 0 Å². The van der Waals surface area contributed by atoms with Crippen LogP contribution in [-0.4, -0.2) is 31.6 Å². The zero-order chi connectivity index (χ0) is 22.6. The van der Waals surface area contributed by atoms with E-state index >= 15 is 0 Å². The van der Waals surface area contributed by atoms with E-state index in [9.17, 15) is 0 Å². The van der Waals surface area contributed by atoms with Crippen LogP contribution in [-0.2, 0) is 0 Å². The molecule has 2 aromatic heterocycles. The minimum atomic E-state index is -0.256. The fraction of sp³-hybridized carbons (Fsp3) is 0.643. The van der Waals surface area contributed by atoms with Crippen molar-refractivity contribution in [1.82, 2.24) is 9.97 Å². The number of hydrogen-bond acceptors (Lipinski definition) is 2. The molecule has 0 amide bonds. The van der Waals surface area contributed by atoms with E-state index in [1.54, 1.807) is 0 Å². The molecule has 2 aromatic rings. The van der Waals surface area contributed by atoms with Gasteiger partial charge in [0.1, 0.15) is 0 Å². The zero-order valence-electron chi connectivity index (χ0n) is 20.6. The fourth-order valence-electron chi connectivity index (χ4n) is 6.15. The lowest BCUT2D eigenvalue weighted by molar-refractivity contribution is 0.516. The Morgan fingerprint density at radius 2 is 1.03 bits per heavy atom. The molecule has 2 nitrogen and oxygen atoms in total. The minimum absolute atomic E-state index is 0.256. The normalized spacial score (nSPS) is 20.5. The van der Waals surface area contributed by atoms with Gasteiger partial charge in [0, 0.05) is 12.4 Å². The van der Waals surface area contributed by atoms with Gasteiger partial charge in [-0.1, -0.05) is 65.5 Å². The molecule has 2 heterocycles. The second kappa shape index (κ2) is 10.6. The van der Waals surface area contributed by atoms with Gasteiger partial charge >= 0.3 is 0 Å². The predicted molar refractivity (Wildman–Crippen MR) is 143 cm³/mol. The predicted octanol–water partition coefficient (Wildman–Crippen LogP) is 7.61. The van der Waals surface area contributed by atoms with E-state index in [4.69, 9.17) is 9.97 Å². The van der Waals surface area contributed by atoms with Crippen molar-refractivity contribution in [1.29, 1.82) is 0 Å². The molecule has 0 spiro atoms. The van der Waals surface area contributed by atoms with Gasteiger partial charge in [0.25, 0.3) is 0 Å². The van der Waals surface area contributed by atoms with Gasteiger partial charge in [-0.25, -0.2) is 0 Å². The molecule has 0 bridgehead atoms. The molecular formula is C28H42N2P2.